The molecule has 3 aromatic rings. The Labute approximate surface area is 124 Å². The second-order valence-corrected chi connectivity index (χ2v) is 4.83. The predicted octanol–water partition coefficient (Wildman–Crippen LogP) is 2.33. The highest BCUT2D eigenvalue weighted by Gasteiger charge is 2.08. The van der Waals surface area contributed by atoms with E-state index in [1.165, 1.54) is 12.1 Å². The monoisotopic (exact) mass is 300 g/mol. The largest absolute Gasteiger partial charge is 0.412 e. The van der Waals surface area contributed by atoms with Crippen LogP contribution in [0.15, 0.2) is 36.4 Å². The van der Waals surface area contributed by atoms with E-state index < -0.39 is 6.09 Å². The molecular weight excluding hydrogens is 287 g/mol. The van der Waals surface area contributed by atoms with E-state index in [1.54, 1.807) is 6.07 Å². The van der Waals surface area contributed by atoms with Gasteiger partial charge in [0.1, 0.15) is 5.82 Å². The fourth-order valence-corrected chi connectivity index (χ4v) is 2.23. The Bertz CT molecular complexity index is 860. The molecule has 6 nitrogen and oxygen atoms in total. The third kappa shape index (κ3) is 2.83. The van der Waals surface area contributed by atoms with E-state index in [-0.39, 0.29) is 11.8 Å². The van der Waals surface area contributed by atoms with Gasteiger partial charge in [-0.25, -0.2) is 9.18 Å². The zero-order chi connectivity index (χ0) is 15.7. The number of H-pyrrole nitrogens is 1. The third-order valence-electron chi connectivity index (χ3n) is 3.23. The van der Waals surface area contributed by atoms with E-state index in [4.69, 9.17) is 16.2 Å². The molecule has 0 atom stereocenters. The molecule has 1 amide bonds. The van der Waals surface area contributed by atoms with Gasteiger partial charge in [0.15, 0.2) is 0 Å². The molecule has 0 unspecified atom stereocenters. The van der Waals surface area contributed by atoms with Gasteiger partial charge in [-0.15, -0.1) is 0 Å². The van der Waals surface area contributed by atoms with Crippen molar-refractivity contribution in [1.82, 2.24) is 9.97 Å². The number of nitrogens with one attached hydrogen (secondary N) is 1. The standard InChI is InChI=1S/C15H13FN4O2/c16-10-3-2-9(11(17)7-10)5-8-1-4-12-13(6-8)20-15(19-12)22-14(18)21/h1-4,6-7H,5,17H2,(H2,18,21)(H,19,20). The van der Waals surface area contributed by atoms with E-state index >= 15 is 0 Å². The molecule has 0 fully saturated rings. The molecule has 22 heavy (non-hydrogen) atoms. The molecule has 0 bridgehead atoms. The van der Waals surface area contributed by atoms with Gasteiger partial charge in [0.25, 0.3) is 0 Å². The van der Waals surface area contributed by atoms with Crippen molar-refractivity contribution in [2.45, 2.75) is 6.42 Å². The number of ether oxygens (including phenoxy) is 1. The molecule has 1 aromatic heterocycles. The number of amides is 1. The second kappa shape index (κ2) is 5.36. The van der Waals surface area contributed by atoms with Gasteiger partial charge in [-0.1, -0.05) is 12.1 Å². The number of aromatic amines is 1. The predicted molar refractivity (Wildman–Crippen MR) is 79.9 cm³/mol. The van der Waals surface area contributed by atoms with Crippen LogP contribution < -0.4 is 16.2 Å². The Hall–Kier alpha value is -3.09. The summed E-state index contributed by atoms with van der Waals surface area (Å²) in [5.74, 6) is -0.364. The van der Waals surface area contributed by atoms with Crippen LogP contribution in [0.2, 0.25) is 0 Å². The summed E-state index contributed by atoms with van der Waals surface area (Å²) in [4.78, 5) is 17.7. The first-order valence-corrected chi connectivity index (χ1v) is 6.51. The number of rotatable bonds is 3. The highest BCUT2D eigenvalue weighted by Crippen LogP contribution is 2.22. The fourth-order valence-electron chi connectivity index (χ4n) is 2.23. The number of nitrogen functional groups attached to an aromatic ring is 1. The number of hydrogen-bond donors (Lipinski definition) is 3. The molecule has 3 rings (SSSR count). The number of benzene rings is 2. The van der Waals surface area contributed by atoms with E-state index in [0.717, 1.165) is 11.1 Å². The van der Waals surface area contributed by atoms with Gasteiger partial charge in [0.2, 0.25) is 0 Å². The summed E-state index contributed by atoms with van der Waals surface area (Å²) in [6.07, 6.45) is -0.389. The van der Waals surface area contributed by atoms with Crippen molar-refractivity contribution in [2.24, 2.45) is 5.73 Å². The van der Waals surface area contributed by atoms with Crippen LogP contribution >= 0.6 is 0 Å². The van der Waals surface area contributed by atoms with Gasteiger partial charge in [0, 0.05) is 5.69 Å². The topological polar surface area (TPSA) is 107 Å². The van der Waals surface area contributed by atoms with E-state index in [9.17, 15) is 9.18 Å². The van der Waals surface area contributed by atoms with Crippen molar-refractivity contribution in [2.75, 3.05) is 5.73 Å². The Morgan fingerprint density at radius 1 is 1.27 bits per heavy atom. The van der Waals surface area contributed by atoms with Crippen molar-refractivity contribution in [3.8, 4) is 6.01 Å². The van der Waals surface area contributed by atoms with Crippen molar-refractivity contribution >= 4 is 22.8 Å². The quantitative estimate of drug-likeness (QED) is 0.645. The number of carbonyl (C=O) groups excluding carboxylic acids is 1. The summed E-state index contributed by atoms with van der Waals surface area (Å²) in [6, 6.07) is 9.89. The van der Waals surface area contributed by atoms with Crippen LogP contribution in [0.3, 0.4) is 0 Å². The SMILES string of the molecule is NC(=O)Oc1nc2cc(Cc3ccc(F)cc3N)ccc2[nH]1. The molecule has 7 heteroatoms. The summed E-state index contributed by atoms with van der Waals surface area (Å²) in [5, 5.41) is 0. The molecule has 2 aromatic carbocycles. The lowest BCUT2D eigenvalue weighted by Gasteiger charge is -2.05. The Balaban J connectivity index is 1.89. The van der Waals surface area contributed by atoms with Gasteiger partial charge >= 0.3 is 12.1 Å². The highest BCUT2D eigenvalue weighted by molar-refractivity contribution is 5.78. The van der Waals surface area contributed by atoms with Crippen molar-refractivity contribution in [3.63, 3.8) is 0 Å². The summed E-state index contributed by atoms with van der Waals surface area (Å²) in [7, 11) is 0. The first-order valence-electron chi connectivity index (χ1n) is 6.51. The number of aromatic nitrogens is 2. The van der Waals surface area contributed by atoms with Crippen LogP contribution in [0.1, 0.15) is 11.1 Å². The lowest BCUT2D eigenvalue weighted by Crippen LogP contribution is -2.16. The second-order valence-electron chi connectivity index (χ2n) is 4.83. The fraction of sp³-hybridized carbons (Fsp3) is 0.0667. The van der Waals surface area contributed by atoms with Gasteiger partial charge in [-0.2, -0.15) is 4.98 Å². The molecule has 0 aliphatic carbocycles. The minimum absolute atomic E-state index is 0.0425. The number of hydrogen-bond acceptors (Lipinski definition) is 4. The summed E-state index contributed by atoms with van der Waals surface area (Å²) in [6.45, 7) is 0. The average Bonchev–Trinajstić information content (AvgIpc) is 2.82. The van der Waals surface area contributed by atoms with E-state index in [1.807, 2.05) is 18.2 Å². The van der Waals surface area contributed by atoms with Gasteiger partial charge in [-0.3, -0.25) is 0 Å². The number of halogens is 1. The van der Waals surface area contributed by atoms with Crippen LogP contribution in [-0.2, 0) is 6.42 Å². The van der Waals surface area contributed by atoms with Crippen molar-refractivity contribution in [3.05, 3.63) is 53.3 Å². The number of primary amides is 1. The van der Waals surface area contributed by atoms with Crippen molar-refractivity contribution in [1.29, 1.82) is 0 Å². The number of nitrogens with zero attached hydrogens (tertiary/aromatic N) is 1. The molecule has 5 N–H and O–H groups in total. The number of nitrogens with two attached hydrogens (primary N) is 2. The zero-order valence-electron chi connectivity index (χ0n) is 11.5. The summed E-state index contributed by atoms with van der Waals surface area (Å²) < 4.78 is 17.8. The molecule has 0 aliphatic rings. The molecular formula is C15H13FN4O2. The molecule has 0 saturated heterocycles. The lowest BCUT2D eigenvalue weighted by atomic mass is 10.0. The van der Waals surface area contributed by atoms with Gasteiger partial charge in [0.05, 0.1) is 11.0 Å². The van der Waals surface area contributed by atoms with Crippen LogP contribution in [0.4, 0.5) is 14.9 Å². The lowest BCUT2D eigenvalue weighted by molar-refractivity contribution is 0.207. The normalized spacial score (nSPS) is 10.8. The summed E-state index contributed by atoms with van der Waals surface area (Å²) in [5.41, 5.74) is 14.3. The van der Waals surface area contributed by atoms with Crippen LogP contribution in [0, 0.1) is 5.82 Å². The Morgan fingerprint density at radius 3 is 2.82 bits per heavy atom. The van der Waals surface area contributed by atoms with Crippen LogP contribution in [-0.4, -0.2) is 16.1 Å². The molecule has 0 aliphatic heterocycles. The molecule has 1 heterocycles. The maximum atomic E-state index is 13.1. The minimum atomic E-state index is -0.932. The Kier molecular flexibility index (Phi) is 3.38. The van der Waals surface area contributed by atoms with Crippen molar-refractivity contribution < 1.29 is 13.9 Å². The van der Waals surface area contributed by atoms with E-state index in [2.05, 4.69) is 9.97 Å². The van der Waals surface area contributed by atoms with Gasteiger partial charge in [-0.05, 0) is 41.8 Å². The minimum Gasteiger partial charge on any atom is -0.398 e. The zero-order valence-corrected chi connectivity index (χ0v) is 11.5. The average molecular weight is 300 g/mol. The number of carbonyl (C=O) groups is 1. The molecule has 0 spiro atoms. The number of fused-ring (bicyclic) bond motifs is 1. The maximum Gasteiger partial charge on any atom is 0.412 e. The van der Waals surface area contributed by atoms with Crippen LogP contribution in [0.25, 0.3) is 11.0 Å². The van der Waals surface area contributed by atoms with E-state index in [0.29, 0.717) is 23.1 Å². The first-order chi connectivity index (χ1) is 10.5. The number of anilines is 1. The smallest absolute Gasteiger partial charge is 0.398 e. The van der Waals surface area contributed by atoms with Crippen LogP contribution in [0.5, 0.6) is 6.01 Å². The molecule has 0 saturated carbocycles. The van der Waals surface area contributed by atoms with Gasteiger partial charge < -0.3 is 21.2 Å². The first kappa shape index (κ1) is 13.9. The molecule has 0 radical (unpaired) electrons. The number of imidazole rings is 1. The third-order valence-corrected chi connectivity index (χ3v) is 3.23. The highest BCUT2D eigenvalue weighted by atomic mass is 19.1. The Morgan fingerprint density at radius 2 is 2.09 bits per heavy atom. The summed E-state index contributed by atoms with van der Waals surface area (Å²) >= 11 is 0. The molecule has 112 valence electrons. The maximum absolute atomic E-state index is 13.1.